The number of amides is 1. The van der Waals surface area contributed by atoms with E-state index in [0.717, 1.165) is 47.4 Å². The van der Waals surface area contributed by atoms with Crippen molar-refractivity contribution in [2.24, 2.45) is 5.92 Å². The first-order chi connectivity index (χ1) is 17.0. The summed E-state index contributed by atoms with van der Waals surface area (Å²) in [5.74, 6) is 1.50. The molecule has 0 unspecified atom stereocenters. The number of ether oxygens (including phenoxy) is 2. The van der Waals surface area contributed by atoms with Crippen LogP contribution in [-0.4, -0.2) is 42.6 Å². The molecule has 0 aromatic heterocycles. The molecule has 0 aliphatic carbocycles. The number of benzene rings is 3. The average molecular weight is 554 g/mol. The van der Waals surface area contributed by atoms with Crippen molar-refractivity contribution in [1.29, 1.82) is 0 Å². The lowest BCUT2D eigenvalue weighted by atomic mass is 9.90. The Kier molecular flexibility index (Phi) is 8.77. The first-order valence-electron chi connectivity index (χ1n) is 11.7. The summed E-state index contributed by atoms with van der Waals surface area (Å²) in [5.41, 5.74) is 3.03. The predicted octanol–water partition coefficient (Wildman–Crippen LogP) is 6.11. The second-order valence-corrected chi connectivity index (χ2v) is 9.94. The maximum Gasteiger partial charge on any atom is 0.262 e. The first-order valence-corrected chi connectivity index (χ1v) is 12.9. The van der Waals surface area contributed by atoms with Crippen LogP contribution in [0.1, 0.15) is 24.0 Å². The highest BCUT2D eigenvalue weighted by Gasteiger charge is 2.22. The molecular weight excluding hydrogens is 524 g/mol. The normalized spacial score (nSPS) is 13.8. The number of likely N-dealkylation sites (tertiary alicyclic amines) is 1. The Hall–Kier alpha value is -2.90. The standard InChI is InChI=1S/C28H29BrN2O3S/c1-33-26-18-22(7-12-25(26)34-19-27(32)30-24-10-8-23(29)9-11-24)28(35)31-15-13-21(14-16-31)17-20-5-3-2-4-6-20/h2-12,18,21H,13-17,19H2,1H3,(H,30,32). The predicted molar refractivity (Wildman–Crippen MR) is 147 cm³/mol. The second kappa shape index (κ2) is 12.2. The van der Waals surface area contributed by atoms with Crippen LogP contribution < -0.4 is 14.8 Å². The van der Waals surface area contributed by atoms with Gasteiger partial charge < -0.3 is 19.7 Å². The molecule has 3 aromatic rings. The molecule has 1 aliphatic heterocycles. The highest BCUT2D eigenvalue weighted by atomic mass is 79.9. The van der Waals surface area contributed by atoms with E-state index in [9.17, 15) is 4.79 Å². The van der Waals surface area contributed by atoms with Gasteiger partial charge in [-0.3, -0.25) is 4.79 Å². The van der Waals surface area contributed by atoms with Crippen molar-refractivity contribution >= 4 is 44.7 Å². The largest absolute Gasteiger partial charge is 0.493 e. The first kappa shape index (κ1) is 25.2. The Bertz CT molecular complexity index is 1150. The summed E-state index contributed by atoms with van der Waals surface area (Å²) < 4.78 is 12.2. The number of anilines is 1. The molecule has 0 bridgehead atoms. The number of rotatable bonds is 8. The van der Waals surface area contributed by atoms with Gasteiger partial charge in [0.2, 0.25) is 0 Å². The number of piperidine rings is 1. The summed E-state index contributed by atoms with van der Waals surface area (Å²) in [6, 6.07) is 23.7. The van der Waals surface area contributed by atoms with Gasteiger partial charge in [0.15, 0.2) is 18.1 Å². The van der Waals surface area contributed by atoms with Gasteiger partial charge in [-0.25, -0.2) is 0 Å². The van der Waals surface area contributed by atoms with Crippen LogP contribution in [0.5, 0.6) is 11.5 Å². The van der Waals surface area contributed by atoms with Crippen molar-refractivity contribution in [2.45, 2.75) is 19.3 Å². The fraction of sp³-hybridized carbons (Fsp3) is 0.286. The van der Waals surface area contributed by atoms with Crippen LogP contribution in [-0.2, 0) is 11.2 Å². The van der Waals surface area contributed by atoms with Crippen LogP contribution in [0, 0.1) is 5.92 Å². The summed E-state index contributed by atoms with van der Waals surface area (Å²) in [6.07, 6.45) is 3.37. The van der Waals surface area contributed by atoms with E-state index in [1.165, 1.54) is 5.56 Å². The van der Waals surface area contributed by atoms with E-state index in [1.54, 1.807) is 7.11 Å². The maximum absolute atomic E-state index is 12.3. The van der Waals surface area contributed by atoms with E-state index in [4.69, 9.17) is 21.7 Å². The molecule has 1 saturated heterocycles. The van der Waals surface area contributed by atoms with Gasteiger partial charge in [0.05, 0.1) is 7.11 Å². The number of hydrogen-bond acceptors (Lipinski definition) is 4. The molecule has 1 amide bonds. The lowest BCUT2D eigenvalue weighted by Crippen LogP contribution is -2.38. The molecule has 1 N–H and O–H groups in total. The van der Waals surface area contributed by atoms with E-state index < -0.39 is 0 Å². The van der Waals surface area contributed by atoms with Gasteiger partial charge in [0.25, 0.3) is 5.91 Å². The topological polar surface area (TPSA) is 50.8 Å². The van der Waals surface area contributed by atoms with Crippen LogP contribution in [0.2, 0.25) is 0 Å². The van der Waals surface area contributed by atoms with Crippen molar-refractivity contribution in [1.82, 2.24) is 4.90 Å². The smallest absolute Gasteiger partial charge is 0.262 e. The molecule has 182 valence electrons. The molecule has 0 saturated carbocycles. The number of nitrogens with one attached hydrogen (secondary N) is 1. The molecule has 1 heterocycles. The van der Waals surface area contributed by atoms with Crippen molar-refractivity contribution in [3.05, 3.63) is 88.4 Å². The van der Waals surface area contributed by atoms with Gasteiger partial charge in [-0.15, -0.1) is 0 Å². The molecular formula is C28H29BrN2O3S. The number of carbonyl (C=O) groups excluding carboxylic acids is 1. The SMILES string of the molecule is COc1cc(C(=S)N2CCC(Cc3ccccc3)CC2)ccc1OCC(=O)Nc1ccc(Br)cc1. The average Bonchev–Trinajstić information content (AvgIpc) is 2.89. The molecule has 35 heavy (non-hydrogen) atoms. The second-order valence-electron chi connectivity index (χ2n) is 8.63. The molecule has 0 atom stereocenters. The molecule has 7 heteroatoms. The lowest BCUT2D eigenvalue weighted by molar-refractivity contribution is -0.118. The van der Waals surface area contributed by atoms with Gasteiger partial charge in [0, 0.05) is 28.8 Å². The Morgan fingerprint density at radius 3 is 2.43 bits per heavy atom. The summed E-state index contributed by atoms with van der Waals surface area (Å²) in [7, 11) is 1.59. The van der Waals surface area contributed by atoms with E-state index >= 15 is 0 Å². The van der Waals surface area contributed by atoms with Gasteiger partial charge >= 0.3 is 0 Å². The van der Waals surface area contributed by atoms with E-state index in [0.29, 0.717) is 23.1 Å². The molecule has 3 aromatic carbocycles. The van der Waals surface area contributed by atoms with Crippen molar-refractivity contribution < 1.29 is 14.3 Å². The Morgan fingerprint density at radius 1 is 1.03 bits per heavy atom. The van der Waals surface area contributed by atoms with Gasteiger partial charge in [0.1, 0.15) is 4.99 Å². The molecule has 0 radical (unpaired) electrons. The minimum Gasteiger partial charge on any atom is -0.493 e. The third-order valence-corrected chi connectivity index (χ3v) is 7.19. The fourth-order valence-corrected chi connectivity index (χ4v) is 4.84. The lowest BCUT2D eigenvalue weighted by Gasteiger charge is -2.34. The summed E-state index contributed by atoms with van der Waals surface area (Å²) in [4.78, 5) is 15.4. The summed E-state index contributed by atoms with van der Waals surface area (Å²) in [5, 5.41) is 2.82. The van der Waals surface area contributed by atoms with E-state index in [1.807, 2.05) is 42.5 Å². The van der Waals surface area contributed by atoms with Crippen LogP contribution >= 0.6 is 28.1 Å². The monoisotopic (exact) mass is 552 g/mol. The van der Waals surface area contributed by atoms with Gasteiger partial charge in [-0.05, 0) is 73.2 Å². The number of carbonyl (C=O) groups is 1. The zero-order valence-corrected chi connectivity index (χ0v) is 22.1. The fourth-order valence-electron chi connectivity index (χ4n) is 4.26. The minimum absolute atomic E-state index is 0.120. The van der Waals surface area contributed by atoms with Gasteiger partial charge in [-0.2, -0.15) is 0 Å². The number of thiocarbonyl (C=S) groups is 1. The van der Waals surface area contributed by atoms with Crippen LogP contribution in [0.4, 0.5) is 5.69 Å². The third-order valence-electron chi connectivity index (χ3n) is 6.17. The van der Waals surface area contributed by atoms with E-state index in [-0.39, 0.29) is 12.5 Å². The highest BCUT2D eigenvalue weighted by molar-refractivity contribution is 9.10. The Morgan fingerprint density at radius 2 is 1.74 bits per heavy atom. The molecule has 1 fully saturated rings. The Balaban J connectivity index is 1.30. The number of halogens is 1. The van der Waals surface area contributed by atoms with Crippen LogP contribution in [0.25, 0.3) is 0 Å². The van der Waals surface area contributed by atoms with Gasteiger partial charge in [-0.1, -0.05) is 58.5 Å². The van der Waals surface area contributed by atoms with Crippen LogP contribution in [0.15, 0.2) is 77.3 Å². The molecule has 0 spiro atoms. The van der Waals surface area contributed by atoms with Crippen LogP contribution in [0.3, 0.4) is 0 Å². The molecule has 1 aliphatic rings. The number of methoxy groups -OCH3 is 1. The minimum atomic E-state index is -0.243. The quantitative estimate of drug-likeness (QED) is 0.342. The third kappa shape index (κ3) is 7.05. The summed E-state index contributed by atoms with van der Waals surface area (Å²) in [6.45, 7) is 1.78. The zero-order chi connectivity index (χ0) is 24.6. The summed E-state index contributed by atoms with van der Waals surface area (Å²) >= 11 is 9.19. The number of nitrogens with zero attached hydrogens (tertiary/aromatic N) is 1. The molecule has 4 rings (SSSR count). The number of hydrogen-bond donors (Lipinski definition) is 1. The maximum atomic E-state index is 12.3. The van der Waals surface area contributed by atoms with E-state index in [2.05, 4.69) is 56.5 Å². The van der Waals surface area contributed by atoms with Crippen molar-refractivity contribution in [3.63, 3.8) is 0 Å². The van der Waals surface area contributed by atoms with Crippen molar-refractivity contribution in [2.75, 3.05) is 32.1 Å². The molecule has 5 nitrogen and oxygen atoms in total. The highest BCUT2D eigenvalue weighted by Crippen LogP contribution is 2.30. The zero-order valence-electron chi connectivity index (χ0n) is 19.7. The van der Waals surface area contributed by atoms with Crippen molar-refractivity contribution in [3.8, 4) is 11.5 Å². The Labute approximate surface area is 220 Å².